The van der Waals surface area contributed by atoms with Gasteiger partial charge < -0.3 is 10.2 Å². The third-order valence-electron chi connectivity index (χ3n) is 6.06. The standard InChI is InChI=1S/C23H25N3O2S/c1-29-19-5-3-18(4-6-19)25-22(28)20-16-23(20)10-14-26(15-11-23)21(27)7-2-17-8-12-24-13-9-17/h2-9,12-13,20H,10-11,14-16H2,1H3,(H,25,28). The van der Waals surface area contributed by atoms with Crippen LogP contribution in [0, 0.1) is 11.3 Å². The first-order valence-electron chi connectivity index (χ1n) is 9.92. The number of benzene rings is 1. The lowest BCUT2D eigenvalue weighted by Crippen LogP contribution is -2.39. The third kappa shape index (κ3) is 4.53. The number of nitrogens with zero attached hydrogens (tertiary/aromatic N) is 2. The zero-order chi connectivity index (χ0) is 20.3. The molecule has 0 bridgehead atoms. The Hall–Kier alpha value is -2.60. The van der Waals surface area contributed by atoms with Crippen LogP contribution in [-0.4, -0.2) is 41.0 Å². The van der Waals surface area contributed by atoms with Crippen LogP contribution in [-0.2, 0) is 9.59 Å². The highest BCUT2D eigenvalue weighted by Gasteiger charge is 2.58. The van der Waals surface area contributed by atoms with Gasteiger partial charge in [-0.2, -0.15) is 0 Å². The van der Waals surface area contributed by atoms with Gasteiger partial charge in [0, 0.05) is 48.1 Å². The number of nitrogens with one attached hydrogen (secondary N) is 1. The number of rotatable bonds is 5. The second-order valence-corrected chi connectivity index (χ2v) is 8.66. The number of hydrogen-bond acceptors (Lipinski definition) is 4. The Bertz CT molecular complexity index is 903. The molecule has 1 N–H and O–H groups in total. The van der Waals surface area contributed by atoms with E-state index in [-0.39, 0.29) is 23.1 Å². The number of thioether (sulfide) groups is 1. The molecule has 1 atom stereocenters. The topological polar surface area (TPSA) is 62.3 Å². The van der Waals surface area contributed by atoms with Crippen LogP contribution in [0.1, 0.15) is 24.8 Å². The van der Waals surface area contributed by atoms with Crippen LogP contribution in [0.3, 0.4) is 0 Å². The predicted octanol–water partition coefficient (Wildman–Crippen LogP) is 4.08. The number of likely N-dealkylation sites (tertiary alicyclic amines) is 1. The van der Waals surface area contributed by atoms with Crippen molar-refractivity contribution in [2.24, 2.45) is 11.3 Å². The van der Waals surface area contributed by atoms with Crippen LogP contribution in [0.2, 0.25) is 0 Å². The molecular weight excluding hydrogens is 382 g/mol. The van der Waals surface area contributed by atoms with E-state index in [9.17, 15) is 9.59 Å². The van der Waals surface area contributed by atoms with Gasteiger partial charge in [0.1, 0.15) is 0 Å². The summed E-state index contributed by atoms with van der Waals surface area (Å²) in [4.78, 5) is 32.2. The van der Waals surface area contributed by atoms with Crippen LogP contribution < -0.4 is 5.32 Å². The second-order valence-electron chi connectivity index (χ2n) is 7.78. The van der Waals surface area contributed by atoms with Crippen molar-refractivity contribution in [2.75, 3.05) is 24.7 Å². The maximum Gasteiger partial charge on any atom is 0.246 e. The van der Waals surface area contributed by atoms with Gasteiger partial charge in [-0.15, -0.1) is 11.8 Å². The van der Waals surface area contributed by atoms with Gasteiger partial charge in [-0.1, -0.05) is 0 Å². The summed E-state index contributed by atoms with van der Waals surface area (Å²) in [6, 6.07) is 11.7. The normalized spacial score (nSPS) is 20.0. The summed E-state index contributed by atoms with van der Waals surface area (Å²) in [5.74, 6) is 0.207. The number of amides is 2. The fraction of sp³-hybridized carbons (Fsp3) is 0.348. The SMILES string of the molecule is CSc1ccc(NC(=O)C2CC23CCN(C(=O)C=Cc2ccncc2)CC3)cc1. The van der Waals surface area contributed by atoms with Crippen LogP contribution in [0.4, 0.5) is 5.69 Å². The number of hydrogen-bond donors (Lipinski definition) is 1. The highest BCUT2D eigenvalue weighted by molar-refractivity contribution is 7.98. The van der Waals surface area contributed by atoms with Crippen molar-refractivity contribution in [2.45, 2.75) is 24.2 Å². The van der Waals surface area contributed by atoms with Crippen LogP contribution >= 0.6 is 11.8 Å². The summed E-state index contributed by atoms with van der Waals surface area (Å²) < 4.78 is 0. The van der Waals surface area contributed by atoms with Crippen molar-refractivity contribution in [3.63, 3.8) is 0 Å². The van der Waals surface area contributed by atoms with E-state index in [1.807, 2.05) is 53.6 Å². The summed E-state index contributed by atoms with van der Waals surface area (Å²) in [6.07, 6.45) is 11.6. The van der Waals surface area contributed by atoms with Crippen LogP contribution in [0.5, 0.6) is 0 Å². The fourth-order valence-corrected chi connectivity index (χ4v) is 4.50. The molecule has 2 fully saturated rings. The third-order valence-corrected chi connectivity index (χ3v) is 6.80. The zero-order valence-corrected chi connectivity index (χ0v) is 17.3. The molecule has 5 nitrogen and oxygen atoms in total. The molecule has 1 saturated carbocycles. The first-order chi connectivity index (χ1) is 14.1. The maximum absolute atomic E-state index is 12.7. The van der Waals surface area contributed by atoms with Gasteiger partial charge >= 0.3 is 0 Å². The molecule has 1 unspecified atom stereocenters. The number of carbonyl (C=O) groups excluding carboxylic acids is 2. The largest absolute Gasteiger partial charge is 0.339 e. The van der Waals surface area contributed by atoms with Crippen molar-refractivity contribution in [3.8, 4) is 0 Å². The molecule has 1 aliphatic heterocycles. The van der Waals surface area contributed by atoms with Crippen molar-refractivity contribution < 1.29 is 9.59 Å². The highest BCUT2D eigenvalue weighted by Crippen LogP contribution is 2.59. The van der Waals surface area contributed by atoms with Gasteiger partial charge in [0.15, 0.2) is 0 Å². The molecule has 2 amide bonds. The summed E-state index contributed by atoms with van der Waals surface area (Å²) in [6.45, 7) is 1.43. The maximum atomic E-state index is 12.7. The van der Waals surface area contributed by atoms with E-state index < -0.39 is 0 Å². The number of aromatic nitrogens is 1. The molecule has 150 valence electrons. The second kappa shape index (κ2) is 8.41. The van der Waals surface area contributed by atoms with E-state index in [0.717, 1.165) is 30.5 Å². The molecule has 1 spiro atoms. The molecule has 29 heavy (non-hydrogen) atoms. The summed E-state index contributed by atoms with van der Waals surface area (Å²) in [5.41, 5.74) is 1.89. The number of carbonyl (C=O) groups is 2. The minimum absolute atomic E-state index is 0.0344. The predicted molar refractivity (Wildman–Crippen MR) is 116 cm³/mol. The lowest BCUT2D eigenvalue weighted by Gasteiger charge is -2.32. The van der Waals surface area contributed by atoms with E-state index >= 15 is 0 Å². The molecular formula is C23H25N3O2S. The smallest absolute Gasteiger partial charge is 0.246 e. The van der Waals surface area contributed by atoms with E-state index in [0.29, 0.717) is 13.1 Å². The molecule has 1 aromatic carbocycles. The summed E-state index contributed by atoms with van der Waals surface area (Å²) in [5, 5.41) is 3.05. The zero-order valence-electron chi connectivity index (χ0n) is 16.5. The Kier molecular flexibility index (Phi) is 5.72. The summed E-state index contributed by atoms with van der Waals surface area (Å²) in [7, 11) is 0. The van der Waals surface area contributed by atoms with Gasteiger partial charge in [-0.3, -0.25) is 14.6 Å². The molecule has 2 aromatic rings. The summed E-state index contributed by atoms with van der Waals surface area (Å²) >= 11 is 1.68. The van der Waals surface area contributed by atoms with Crippen molar-refractivity contribution in [1.82, 2.24) is 9.88 Å². The Morgan fingerprint density at radius 1 is 1.14 bits per heavy atom. The van der Waals surface area contributed by atoms with E-state index in [2.05, 4.69) is 10.3 Å². The Morgan fingerprint density at radius 3 is 2.48 bits per heavy atom. The molecule has 4 rings (SSSR count). The number of pyridine rings is 1. The lowest BCUT2D eigenvalue weighted by atomic mass is 9.90. The number of anilines is 1. The molecule has 6 heteroatoms. The van der Waals surface area contributed by atoms with Gasteiger partial charge in [-0.25, -0.2) is 0 Å². The fourth-order valence-electron chi connectivity index (χ4n) is 4.09. The molecule has 1 aromatic heterocycles. The average Bonchev–Trinajstić information content (AvgIpc) is 3.47. The molecule has 0 radical (unpaired) electrons. The Morgan fingerprint density at radius 2 is 1.83 bits per heavy atom. The minimum atomic E-state index is 0.0344. The van der Waals surface area contributed by atoms with Crippen molar-refractivity contribution >= 4 is 35.3 Å². The number of piperidine rings is 1. The molecule has 2 heterocycles. The van der Waals surface area contributed by atoms with Gasteiger partial charge in [0.25, 0.3) is 0 Å². The average molecular weight is 408 g/mol. The van der Waals surface area contributed by atoms with Crippen LogP contribution in [0.15, 0.2) is 59.8 Å². The van der Waals surface area contributed by atoms with Gasteiger partial charge in [0.2, 0.25) is 11.8 Å². The van der Waals surface area contributed by atoms with Crippen molar-refractivity contribution in [1.29, 1.82) is 0 Å². The molecule has 1 aliphatic carbocycles. The van der Waals surface area contributed by atoms with E-state index in [1.54, 1.807) is 30.2 Å². The first-order valence-corrected chi connectivity index (χ1v) is 11.1. The van der Waals surface area contributed by atoms with E-state index in [1.165, 1.54) is 4.90 Å². The monoisotopic (exact) mass is 407 g/mol. The van der Waals surface area contributed by atoms with E-state index in [4.69, 9.17) is 0 Å². The minimum Gasteiger partial charge on any atom is -0.339 e. The van der Waals surface area contributed by atoms with Gasteiger partial charge in [0.05, 0.1) is 0 Å². The molecule has 2 aliphatic rings. The van der Waals surface area contributed by atoms with Gasteiger partial charge in [-0.05, 0) is 79.0 Å². The first kappa shape index (κ1) is 19.7. The Labute approximate surface area is 175 Å². The molecule has 1 saturated heterocycles. The van der Waals surface area contributed by atoms with Crippen LogP contribution in [0.25, 0.3) is 6.08 Å². The highest BCUT2D eigenvalue weighted by atomic mass is 32.2. The van der Waals surface area contributed by atoms with Crippen molar-refractivity contribution in [3.05, 3.63) is 60.4 Å². The Balaban J connectivity index is 1.27. The lowest BCUT2D eigenvalue weighted by molar-refractivity contribution is -0.127. The quantitative estimate of drug-likeness (QED) is 0.599.